The normalized spacial score (nSPS) is 13.5. The first-order valence-corrected chi connectivity index (χ1v) is 6.27. The maximum atomic E-state index is 11.7. The lowest BCUT2D eigenvalue weighted by atomic mass is 10.2. The summed E-state index contributed by atoms with van der Waals surface area (Å²) in [4.78, 5) is 26.6. The number of hydrogen-bond donors (Lipinski definition) is 3. The molecule has 1 aromatic heterocycles. The van der Waals surface area contributed by atoms with E-state index in [0.29, 0.717) is 6.54 Å². The van der Waals surface area contributed by atoms with Gasteiger partial charge in [0.1, 0.15) is 6.04 Å². The molecule has 0 radical (unpaired) electrons. The Morgan fingerprint density at radius 3 is 2.75 bits per heavy atom. The van der Waals surface area contributed by atoms with E-state index in [1.165, 1.54) is 7.11 Å². The van der Waals surface area contributed by atoms with E-state index in [-0.39, 0.29) is 19.1 Å². The SMILES string of the molecule is COCCC(NC(=O)NC(C)Cn1ccnc1)C(=O)O. The molecule has 3 N–H and O–H groups in total. The van der Waals surface area contributed by atoms with Gasteiger partial charge >= 0.3 is 12.0 Å². The van der Waals surface area contributed by atoms with Crippen LogP contribution in [0.4, 0.5) is 4.79 Å². The third-order valence-electron chi connectivity index (χ3n) is 2.64. The van der Waals surface area contributed by atoms with E-state index in [4.69, 9.17) is 9.84 Å². The Kier molecular flexibility index (Phi) is 6.51. The average Bonchev–Trinajstić information content (AvgIpc) is 2.86. The van der Waals surface area contributed by atoms with Crippen molar-refractivity contribution in [1.82, 2.24) is 20.2 Å². The van der Waals surface area contributed by atoms with Crippen LogP contribution in [-0.4, -0.2) is 52.5 Å². The Bertz CT molecular complexity index is 421. The van der Waals surface area contributed by atoms with Gasteiger partial charge in [-0.25, -0.2) is 14.6 Å². The van der Waals surface area contributed by atoms with Crippen LogP contribution in [0.15, 0.2) is 18.7 Å². The molecular formula is C12H20N4O4. The number of imidazole rings is 1. The minimum absolute atomic E-state index is 0.152. The van der Waals surface area contributed by atoms with Crippen LogP contribution in [-0.2, 0) is 16.1 Å². The second kappa shape index (κ2) is 8.16. The molecule has 1 heterocycles. The molecule has 20 heavy (non-hydrogen) atoms. The molecule has 0 fully saturated rings. The largest absolute Gasteiger partial charge is 0.480 e. The summed E-state index contributed by atoms with van der Waals surface area (Å²) in [5.74, 6) is -1.08. The van der Waals surface area contributed by atoms with E-state index < -0.39 is 18.0 Å². The van der Waals surface area contributed by atoms with Gasteiger partial charge in [-0.05, 0) is 6.92 Å². The molecule has 0 aliphatic rings. The Hall–Kier alpha value is -2.09. The number of carboxylic acid groups (broad SMARTS) is 1. The summed E-state index contributed by atoms with van der Waals surface area (Å²) in [7, 11) is 1.48. The van der Waals surface area contributed by atoms with Crippen molar-refractivity contribution in [2.75, 3.05) is 13.7 Å². The van der Waals surface area contributed by atoms with E-state index in [0.717, 1.165) is 0 Å². The predicted octanol–water partition coefficient (Wildman–Crippen LogP) is 0.0605. The first-order valence-electron chi connectivity index (χ1n) is 6.27. The minimum atomic E-state index is -1.08. The van der Waals surface area contributed by atoms with Crippen molar-refractivity contribution in [1.29, 1.82) is 0 Å². The van der Waals surface area contributed by atoms with Crippen LogP contribution in [0.3, 0.4) is 0 Å². The van der Waals surface area contributed by atoms with Gasteiger partial charge in [-0.15, -0.1) is 0 Å². The number of aromatic nitrogens is 2. The topological polar surface area (TPSA) is 105 Å². The van der Waals surface area contributed by atoms with E-state index in [9.17, 15) is 9.59 Å². The monoisotopic (exact) mass is 284 g/mol. The number of aliphatic carboxylic acids is 1. The molecule has 8 nitrogen and oxygen atoms in total. The highest BCUT2D eigenvalue weighted by atomic mass is 16.5. The molecule has 0 aliphatic carbocycles. The predicted molar refractivity (Wildman–Crippen MR) is 71.3 cm³/mol. The van der Waals surface area contributed by atoms with Crippen LogP contribution < -0.4 is 10.6 Å². The molecular weight excluding hydrogens is 264 g/mol. The third kappa shape index (κ3) is 5.70. The Balaban J connectivity index is 2.38. The molecule has 0 spiro atoms. The number of carboxylic acids is 1. The van der Waals surface area contributed by atoms with Gasteiger partial charge in [0.2, 0.25) is 0 Å². The van der Waals surface area contributed by atoms with E-state index >= 15 is 0 Å². The Morgan fingerprint density at radius 2 is 2.20 bits per heavy atom. The number of methoxy groups -OCH3 is 1. The fourth-order valence-corrected chi connectivity index (χ4v) is 1.67. The summed E-state index contributed by atoms with van der Waals surface area (Å²) in [5, 5.41) is 14.1. The number of nitrogens with zero attached hydrogens (tertiary/aromatic N) is 2. The Labute approximate surface area is 117 Å². The van der Waals surface area contributed by atoms with Gasteiger partial charge in [0.05, 0.1) is 6.33 Å². The molecule has 2 amide bonds. The highest BCUT2D eigenvalue weighted by Gasteiger charge is 2.20. The maximum Gasteiger partial charge on any atom is 0.326 e. The molecule has 0 aromatic carbocycles. The fourth-order valence-electron chi connectivity index (χ4n) is 1.67. The van der Waals surface area contributed by atoms with E-state index in [1.807, 2.05) is 11.5 Å². The number of carbonyl (C=O) groups is 2. The smallest absolute Gasteiger partial charge is 0.326 e. The van der Waals surface area contributed by atoms with Crippen LogP contribution in [0.2, 0.25) is 0 Å². The second-order valence-electron chi connectivity index (χ2n) is 4.45. The van der Waals surface area contributed by atoms with Crippen molar-refractivity contribution >= 4 is 12.0 Å². The van der Waals surface area contributed by atoms with Gasteiger partial charge in [0, 0.05) is 45.1 Å². The van der Waals surface area contributed by atoms with Crippen molar-refractivity contribution in [3.05, 3.63) is 18.7 Å². The van der Waals surface area contributed by atoms with Crippen LogP contribution >= 0.6 is 0 Å². The molecule has 2 atom stereocenters. The number of amides is 2. The van der Waals surface area contributed by atoms with Crippen molar-refractivity contribution in [3.8, 4) is 0 Å². The molecule has 1 rings (SSSR count). The lowest BCUT2D eigenvalue weighted by Gasteiger charge is -2.18. The number of hydrogen-bond acceptors (Lipinski definition) is 4. The molecule has 112 valence electrons. The van der Waals surface area contributed by atoms with Gasteiger partial charge in [-0.3, -0.25) is 0 Å². The van der Waals surface area contributed by atoms with Gasteiger partial charge in [-0.2, -0.15) is 0 Å². The maximum absolute atomic E-state index is 11.7. The van der Waals surface area contributed by atoms with Gasteiger partial charge in [0.15, 0.2) is 0 Å². The third-order valence-corrected chi connectivity index (χ3v) is 2.64. The second-order valence-corrected chi connectivity index (χ2v) is 4.45. The summed E-state index contributed by atoms with van der Waals surface area (Å²) in [6.07, 6.45) is 5.30. The lowest BCUT2D eigenvalue weighted by Crippen LogP contribution is -2.49. The minimum Gasteiger partial charge on any atom is -0.480 e. The molecule has 0 saturated heterocycles. The summed E-state index contributed by atoms with van der Waals surface area (Å²) < 4.78 is 6.63. The number of urea groups is 1. The first kappa shape index (κ1) is 16.0. The molecule has 0 bridgehead atoms. The molecule has 0 saturated carbocycles. The van der Waals surface area contributed by atoms with E-state index in [2.05, 4.69) is 15.6 Å². The number of nitrogens with one attached hydrogen (secondary N) is 2. The van der Waals surface area contributed by atoms with Crippen molar-refractivity contribution in [2.45, 2.75) is 32.0 Å². The zero-order chi connectivity index (χ0) is 15.0. The van der Waals surface area contributed by atoms with Gasteiger partial charge < -0.3 is 25.0 Å². The lowest BCUT2D eigenvalue weighted by molar-refractivity contribution is -0.139. The van der Waals surface area contributed by atoms with Crippen molar-refractivity contribution in [2.24, 2.45) is 0 Å². The summed E-state index contributed by atoms with van der Waals surface area (Å²) >= 11 is 0. The van der Waals surface area contributed by atoms with Gasteiger partial charge in [-0.1, -0.05) is 0 Å². The summed E-state index contributed by atoms with van der Waals surface area (Å²) in [6.45, 7) is 2.65. The quantitative estimate of drug-likeness (QED) is 0.626. The fraction of sp³-hybridized carbons (Fsp3) is 0.583. The summed E-state index contributed by atoms with van der Waals surface area (Å²) in [5.41, 5.74) is 0. The molecule has 2 unspecified atom stereocenters. The number of carbonyl (C=O) groups excluding carboxylic acids is 1. The standard InChI is InChI=1S/C12H20N4O4/c1-9(7-16-5-4-13-8-16)14-12(19)15-10(11(17)18)3-6-20-2/h4-5,8-10H,3,6-7H2,1-2H3,(H,17,18)(H2,14,15,19). The van der Waals surface area contributed by atoms with Crippen LogP contribution in [0.5, 0.6) is 0 Å². The van der Waals surface area contributed by atoms with Crippen molar-refractivity contribution < 1.29 is 19.4 Å². The summed E-state index contributed by atoms with van der Waals surface area (Å²) in [6, 6.07) is -1.63. The number of ether oxygens (including phenoxy) is 1. The van der Waals surface area contributed by atoms with Crippen molar-refractivity contribution in [3.63, 3.8) is 0 Å². The first-order chi connectivity index (χ1) is 9.52. The molecule has 1 aromatic rings. The molecule has 0 aliphatic heterocycles. The highest BCUT2D eigenvalue weighted by molar-refractivity contribution is 5.82. The zero-order valence-corrected chi connectivity index (χ0v) is 11.6. The van der Waals surface area contributed by atoms with Crippen LogP contribution in [0.1, 0.15) is 13.3 Å². The highest BCUT2D eigenvalue weighted by Crippen LogP contribution is 1.95. The number of rotatable bonds is 8. The van der Waals surface area contributed by atoms with Crippen LogP contribution in [0, 0.1) is 0 Å². The van der Waals surface area contributed by atoms with E-state index in [1.54, 1.807) is 18.7 Å². The van der Waals surface area contributed by atoms with Crippen LogP contribution in [0.25, 0.3) is 0 Å². The molecule has 8 heteroatoms. The van der Waals surface area contributed by atoms with Gasteiger partial charge in [0.25, 0.3) is 0 Å². The Morgan fingerprint density at radius 1 is 1.45 bits per heavy atom. The zero-order valence-electron chi connectivity index (χ0n) is 11.6. The average molecular weight is 284 g/mol.